The van der Waals surface area contributed by atoms with E-state index in [4.69, 9.17) is 11.6 Å². The Kier molecular flexibility index (Phi) is 7.16. The van der Waals surface area contributed by atoms with E-state index in [1.54, 1.807) is 0 Å². The summed E-state index contributed by atoms with van der Waals surface area (Å²) in [6.07, 6.45) is 5.78. The summed E-state index contributed by atoms with van der Waals surface area (Å²) >= 11 is 0. The van der Waals surface area contributed by atoms with Crippen LogP contribution in [0.25, 0.3) is 5.70 Å². The van der Waals surface area contributed by atoms with E-state index in [1.807, 2.05) is 64.2 Å². The van der Waals surface area contributed by atoms with Crippen molar-refractivity contribution in [3.63, 3.8) is 0 Å². The number of allylic oxidation sites excluding steroid dienone is 3. The fourth-order valence-corrected chi connectivity index (χ4v) is 2.63. The monoisotopic (exact) mass is 312 g/mol. The fourth-order valence-electron chi connectivity index (χ4n) is 2.63. The number of nitrogens with one attached hydrogen (secondary N) is 1. The molecular formula is C19H28N4. The number of hydrogen-bond acceptors (Lipinski definition) is 4. The largest absolute Gasteiger partial charge is 0.396 e. The van der Waals surface area contributed by atoms with Crippen LogP contribution in [0.15, 0.2) is 66.0 Å². The maximum absolute atomic E-state index is 6.37. The molecule has 0 radical (unpaired) electrons. The summed E-state index contributed by atoms with van der Waals surface area (Å²) in [7, 11) is 2.03. The summed E-state index contributed by atoms with van der Waals surface area (Å²) in [4.78, 5) is 2.14. The Morgan fingerprint density at radius 3 is 2.48 bits per heavy atom. The Morgan fingerprint density at radius 2 is 1.91 bits per heavy atom. The molecule has 0 spiro atoms. The van der Waals surface area contributed by atoms with Crippen molar-refractivity contribution in [2.45, 2.75) is 27.3 Å². The fraction of sp³-hybridized carbons (Fsp3) is 0.263. The topological polar surface area (TPSA) is 67.3 Å². The van der Waals surface area contributed by atoms with E-state index in [0.29, 0.717) is 11.4 Å². The number of benzene rings is 1. The highest BCUT2D eigenvalue weighted by atomic mass is 15.2. The summed E-state index contributed by atoms with van der Waals surface area (Å²) < 4.78 is 0. The van der Waals surface area contributed by atoms with Crippen LogP contribution in [-0.4, -0.2) is 11.9 Å². The molecule has 0 aliphatic carbocycles. The lowest BCUT2D eigenvalue weighted by Gasteiger charge is -2.28. The molecule has 0 atom stereocenters. The molecule has 1 aliphatic rings. The minimum absolute atomic E-state index is 0.647. The zero-order valence-electron chi connectivity index (χ0n) is 14.6. The molecule has 0 saturated carbocycles. The number of hydrogen-bond donors (Lipinski definition) is 3. The van der Waals surface area contributed by atoms with Gasteiger partial charge in [0.1, 0.15) is 0 Å². The van der Waals surface area contributed by atoms with E-state index < -0.39 is 0 Å². The van der Waals surface area contributed by atoms with Gasteiger partial charge < -0.3 is 16.1 Å². The normalized spacial score (nSPS) is 21.0. The van der Waals surface area contributed by atoms with Crippen molar-refractivity contribution in [1.82, 2.24) is 10.3 Å². The zero-order chi connectivity index (χ0) is 17.4. The third-order valence-corrected chi connectivity index (χ3v) is 3.61. The van der Waals surface area contributed by atoms with Crippen LogP contribution in [0.1, 0.15) is 31.9 Å². The molecule has 1 aromatic rings. The van der Waals surface area contributed by atoms with Gasteiger partial charge in [-0.05, 0) is 18.6 Å². The van der Waals surface area contributed by atoms with E-state index in [2.05, 4.69) is 23.0 Å². The van der Waals surface area contributed by atoms with Gasteiger partial charge >= 0.3 is 0 Å². The van der Waals surface area contributed by atoms with Gasteiger partial charge in [0, 0.05) is 30.4 Å². The quantitative estimate of drug-likeness (QED) is 0.592. The van der Waals surface area contributed by atoms with Crippen molar-refractivity contribution < 1.29 is 0 Å². The number of rotatable bonds is 3. The van der Waals surface area contributed by atoms with Gasteiger partial charge in [-0.25, -0.2) is 0 Å². The van der Waals surface area contributed by atoms with E-state index >= 15 is 0 Å². The average molecular weight is 312 g/mol. The van der Waals surface area contributed by atoms with Crippen LogP contribution in [0.4, 0.5) is 0 Å². The summed E-state index contributed by atoms with van der Waals surface area (Å²) in [5, 5.41) is 0. The lowest BCUT2D eigenvalue weighted by Crippen LogP contribution is -2.30. The molecule has 4 nitrogen and oxygen atoms in total. The lowest BCUT2D eigenvalue weighted by atomic mass is 9.96. The van der Waals surface area contributed by atoms with Gasteiger partial charge in [-0.3, -0.25) is 5.84 Å². The molecule has 23 heavy (non-hydrogen) atoms. The Hall–Kier alpha value is -2.46. The molecule has 0 saturated heterocycles. The van der Waals surface area contributed by atoms with Crippen LogP contribution in [0, 0.1) is 0 Å². The highest BCUT2D eigenvalue weighted by Gasteiger charge is 2.20. The molecule has 124 valence electrons. The van der Waals surface area contributed by atoms with Crippen LogP contribution in [0.5, 0.6) is 0 Å². The van der Waals surface area contributed by atoms with Crippen LogP contribution in [0.3, 0.4) is 0 Å². The van der Waals surface area contributed by atoms with E-state index in [1.165, 1.54) is 0 Å². The molecule has 2 rings (SSSR count). The standard InChI is InChI=1S/C17H22N4.C2H6/c1-4-8-14-15(5-2)21(3)11-12-9-6-7-10-13(12)16(18)17(14)20-19;1-2/h4-10,20H,2,11,18-19H2,1,3H3;1-2H3/b8-4-,15-14-,17-16-;. The van der Waals surface area contributed by atoms with Crippen molar-refractivity contribution in [3.05, 3.63) is 77.2 Å². The number of likely N-dealkylation sites (N-methyl/N-ethyl adjacent to an activating group) is 1. The SMILES string of the molecule is C=C/C1=C(\C=C/C)C(/NN)=C(/N)c2ccccc2CN1C.CC. The molecule has 1 aromatic carbocycles. The van der Waals surface area contributed by atoms with Crippen molar-refractivity contribution in [2.24, 2.45) is 11.6 Å². The zero-order valence-corrected chi connectivity index (χ0v) is 14.6. The second-order valence-corrected chi connectivity index (χ2v) is 4.95. The summed E-state index contributed by atoms with van der Waals surface area (Å²) in [6, 6.07) is 8.09. The third kappa shape index (κ3) is 3.85. The number of fused-ring (bicyclic) bond motifs is 1. The molecule has 0 amide bonds. The number of hydrazine groups is 1. The maximum Gasteiger partial charge on any atom is 0.0816 e. The van der Waals surface area contributed by atoms with Gasteiger partial charge in [0.15, 0.2) is 0 Å². The molecule has 1 heterocycles. The molecule has 5 N–H and O–H groups in total. The van der Waals surface area contributed by atoms with Crippen molar-refractivity contribution in [1.29, 1.82) is 0 Å². The molecule has 0 aromatic heterocycles. The second-order valence-electron chi connectivity index (χ2n) is 4.95. The first-order chi connectivity index (χ1) is 11.1. The Labute approximate surface area is 139 Å². The lowest BCUT2D eigenvalue weighted by molar-refractivity contribution is 0.420. The van der Waals surface area contributed by atoms with Gasteiger partial charge in [-0.2, -0.15) is 0 Å². The van der Waals surface area contributed by atoms with Crippen LogP contribution < -0.4 is 17.0 Å². The minimum atomic E-state index is 0.647. The predicted octanol–water partition coefficient (Wildman–Crippen LogP) is 3.27. The minimum Gasteiger partial charge on any atom is -0.396 e. The Balaban J connectivity index is 0.00000127. The summed E-state index contributed by atoms with van der Waals surface area (Å²) in [5.74, 6) is 5.75. The molecular weight excluding hydrogens is 284 g/mol. The van der Waals surface area contributed by atoms with E-state index in [-0.39, 0.29) is 0 Å². The van der Waals surface area contributed by atoms with Gasteiger partial charge in [0.25, 0.3) is 0 Å². The smallest absolute Gasteiger partial charge is 0.0816 e. The Morgan fingerprint density at radius 1 is 1.26 bits per heavy atom. The summed E-state index contributed by atoms with van der Waals surface area (Å²) in [5.41, 5.74) is 14.6. The summed E-state index contributed by atoms with van der Waals surface area (Å²) in [6.45, 7) is 10.6. The van der Waals surface area contributed by atoms with E-state index in [0.717, 1.165) is 28.9 Å². The molecule has 0 fully saturated rings. The maximum atomic E-state index is 6.37. The highest BCUT2D eigenvalue weighted by molar-refractivity contribution is 5.74. The van der Waals surface area contributed by atoms with Crippen LogP contribution in [0.2, 0.25) is 0 Å². The van der Waals surface area contributed by atoms with Gasteiger partial charge in [-0.1, -0.05) is 56.8 Å². The van der Waals surface area contributed by atoms with E-state index in [9.17, 15) is 0 Å². The van der Waals surface area contributed by atoms with Gasteiger partial charge in [0.2, 0.25) is 0 Å². The van der Waals surface area contributed by atoms with Crippen molar-refractivity contribution >= 4 is 5.70 Å². The second kappa shape index (κ2) is 8.86. The van der Waals surface area contributed by atoms with Crippen LogP contribution >= 0.6 is 0 Å². The van der Waals surface area contributed by atoms with Crippen molar-refractivity contribution in [3.8, 4) is 0 Å². The highest BCUT2D eigenvalue weighted by Crippen LogP contribution is 2.29. The first-order valence-corrected chi connectivity index (χ1v) is 7.89. The first kappa shape index (κ1) is 18.6. The van der Waals surface area contributed by atoms with Crippen LogP contribution in [-0.2, 0) is 6.54 Å². The molecule has 1 aliphatic heterocycles. The molecule has 4 heteroatoms. The average Bonchev–Trinajstić information content (AvgIpc) is 2.57. The Bertz CT molecular complexity index is 639. The van der Waals surface area contributed by atoms with Gasteiger partial charge in [0.05, 0.1) is 11.4 Å². The first-order valence-electron chi connectivity index (χ1n) is 7.89. The van der Waals surface area contributed by atoms with Gasteiger partial charge in [-0.15, -0.1) is 0 Å². The third-order valence-electron chi connectivity index (χ3n) is 3.61. The number of nitrogens with two attached hydrogens (primary N) is 2. The molecule has 0 unspecified atom stereocenters. The number of nitrogens with zero attached hydrogens (tertiary/aromatic N) is 1. The predicted molar refractivity (Wildman–Crippen MR) is 99.7 cm³/mol. The van der Waals surface area contributed by atoms with Crippen molar-refractivity contribution in [2.75, 3.05) is 7.05 Å². The molecule has 0 bridgehead atoms.